The fourth-order valence-electron chi connectivity index (χ4n) is 5.49. The lowest BCUT2D eigenvalue weighted by Gasteiger charge is -2.27. The lowest BCUT2D eigenvalue weighted by Crippen LogP contribution is -2.32. The van der Waals surface area contributed by atoms with E-state index in [1.165, 1.54) is 6.07 Å². The Morgan fingerprint density at radius 3 is 2.50 bits per heavy atom. The average molecular weight is 500 g/mol. The van der Waals surface area contributed by atoms with Crippen molar-refractivity contribution in [3.05, 3.63) is 40.7 Å². The third-order valence-corrected chi connectivity index (χ3v) is 7.44. The number of halogens is 5. The lowest BCUT2D eigenvalue weighted by molar-refractivity contribution is -0.137. The van der Waals surface area contributed by atoms with E-state index >= 15 is 0 Å². The van der Waals surface area contributed by atoms with Gasteiger partial charge in [-0.2, -0.15) is 13.2 Å². The highest BCUT2D eigenvalue weighted by molar-refractivity contribution is 6.33. The number of anilines is 1. The summed E-state index contributed by atoms with van der Waals surface area (Å²) in [5, 5.41) is 10.5. The Labute approximate surface area is 202 Å². The van der Waals surface area contributed by atoms with Crippen molar-refractivity contribution >= 4 is 17.4 Å². The molecule has 3 heterocycles. The van der Waals surface area contributed by atoms with E-state index in [-0.39, 0.29) is 16.4 Å². The molecule has 1 aromatic heterocycles. The number of nitrogens with one attached hydrogen (secondary N) is 1. The first-order valence-corrected chi connectivity index (χ1v) is 12.0. The normalized spacial score (nSPS) is 28.7. The van der Waals surface area contributed by atoms with E-state index in [0.29, 0.717) is 30.6 Å². The topological polar surface area (TPSA) is 50.3 Å². The predicted molar refractivity (Wildman–Crippen MR) is 121 cm³/mol. The summed E-state index contributed by atoms with van der Waals surface area (Å²) < 4.78 is 69.7. The van der Waals surface area contributed by atoms with Crippen LogP contribution in [0, 0.1) is 23.6 Å². The Kier molecular flexibility index (Phi) is 6.34. The van der Waals surface area contributed by atoms with Crippen molar-refractivity contribution in [3.63, 3.8) is 0 Å². The number of alkyl halides is 3. The Balaban J connectivity index is 1.29. The van der Waals surface area contributed by atoms with Crippen molar-refractivity contribution in [3.8, 4) is 11.3 Å². The molecule has 2 atom stereocenters. The fourth-order valence-corrected chi connectivity index (χ4v) is 5.69. The maximum atomic E-state index is 13.9. The van der Waals surface area contributed by atoms with Crippen LogP contribution in [0.3, 0.4) is 0 Å². The maximum absolute atomic E-state index is 13.9. The number of hydrogen-bond acceptors (Lipinski definition) is 5. The van der Waals surface area contributed by atoms with Crippen LogP contribution in [0.2, 0.25) is 5.02 Å². The molecule has 184 valence electrons. The van der Waals surface area contributed by atoms with Crippen LogP contribution in [0.15, 0.2) is 24.3 Å². The highest BCUT2D eigenvalue weighted by Crippen LogP contribution is 2.42. The van der Waals surface area contributed by atoms with Gasteiger partial charge < -0.3 is 15.0 Å². The van der Waals surface area contributed by atoms with Crippen LogP contribution in [0.25, 0.3) is 11.3 Å². The first-order valence-electron chi connectivity index (χ1n) is 12.1. The van der Waals surface area contributed by atoms with Gasteiger partial charge in [0.2, 0.25) is 0 Å². The molecule has 2 aliphatic heterocycles. The van der Waals surface area contributed by atoms with E-state index in [0.717, 1.165) is 63.9 Å². The van der Waals surface area contributed by atoms with Crippen LogP contribution in [-0.2, 0) is 10.9 Å². The van der Waals surface area contributed by atoms with Crippen molar-refractivity contribution in [2.75, 3.05) is 38.2 Å². The fraction of sp³-hybridized carbons (Fsp3) is 0.583. The summed E-state index contributed by atoms with van der Waals surface area (Å²) in [6, 6.07) is 2.88. The van der Waals surface area contributed by atoms with Crippen molar-refractivity contribution in [1.82, 2.24) is 15.1 Å². The van der Waals surface area contributed by atoms with Crippen LogP contribution in [-0.4, -0.2) is 54.0 Å². The zero-order valence-electron chi connectivity index (χ0n) is 19.5. The van der Waals surface area contributed by atoms with E-state index in [2.05, 4.69) is 20.4 Å². The minimum absolute atomic E-state index is 0.0576. The molecule has 2 aromatic rings. The van der Waals surface area contributed by atoms with Gasteiger partial charge in [-0.15, -0.1) is 10.2 Å². The molecule has 5 nitrogen and oxygen atoms in total. The molecule has 1 saturated carbocycles. The molecule has 1 aliphatic carbocycles. The number of hydrogen-bond donors (Lipinski definition) is 1. The summed E-state index contributed by atoms with van der Waals surface area (Å²) in [6.07, 6.45) is -1.55. The molecular weight excluding hydrogens is 472 g/mol. The van der Waals surface area contributed by atoms with Gasteiger partial charge in [0, 0.05) is 44.4 Å². The number of fused-ring (bicyclic) bond motifs is 1. The molecule has 0 radical (unpaired) electrons. The number of nitrogens with zero attached hydrogens (tertiary/aromatic N) is 3. The lowest BCUT2D eigenvalue weighted by atomic mass is 10.00. The van der Waals surface area contributed by atoms with Crippen molar-refractivity contribution < 1.29 is 23.7 Å². The minimum atomic E-state index is -4.76. The second-order valence-corrected chi connectivity index (χ2v) is 9.95. The van der Waals surface area contributed by atoms with Gasteiger partial charge in [0.05, 0.1) is 12.0 Å². The van der Waals surface area contributed by atoms with E-state index in [1.54, 1.807) is 0 Å². The van der Waals surface area contributed by atoms with Gasteiger partial charge in [0.1, 0.15) is 17.3 Å². The summed E-state index contributed by atoms with van der Waals surface area (Å²) in [7, 11) is 0. The number of benzene rings is 1. The zero-order chi connectivity index (χ0) is 24.8. The number of likely N-dealkylation sites (tertiary alicyclic amines) is 1. The standard InChI is InChI=1S/C24H27ClF4N4O/c25-21-2-1-17(26)9-19(21)23-20(24(27,28)29)10-22(31-32-23)30-18-7-15-12-33(13-16(15)8-18)11-14-3-5-34-6-4-14/h1-2,9-10,14-16,18H,3-8,11-13H2,(H,30,31)/i18D. The molecule has 0 spiro atoms. The summed E-state index contributed by atoms with van der Waals surface area (Å²) >= 11 is 6.02. The van der Waals surface area contributed by atoms with Gasteiger partial charge >= 0.3 is 6.18 Å². The van der Waals surface area contributed by atoms with Crippen LogP contribution in [0.4, 0.5) is 23.4 Å². The van der Waals surface area contributed by atoms with Crippen LogP contribution < -0.4 is 5.32 Å². The number of rotatable bonds is 5. The summed E-state index contributed by atoms with van der Waals surface area (Å²) in [5.41, 5.74) is -1.80. The molecule has 3 fully saturated rings. The maximum Gasteiger partial charge on any atom is 0.418 e. The SMILES string of the molecule is [2H]C1(Nc2cc(C(F)(F)F)c(-c3cc(F)ccc3Cl)nn2)CC2CN(CC3CCOCC3)CC2C1. The molecule has 0 amide bonds. The molecule has 1 N–H and O–H groups in total. The second-order valence-electron chi connectivity index (χ2n) is 9.55. The van der Waals surface area contributed by atoms with Crippen molar-refractivity contribution in [2.24, 2.45) is 17.8 Å². The predicted octanol–water partition coefficient (Wildman–Crippen LogP) is 5.50. The van der Waals surface area contributed by atoms with Crippen molar-refractivity contribution in [2.45, 2.75) is 37.9 Å². The van der Waals surface area contributed by atoms with Gasteiger partial charge in [-0.05, 0) is 67.7 Å². The molecule has 0 bridgehead atoms. The summed E-state index contributed by atoms with van der Waals surface area (Å²) in [5.74, 6) is 0.431. The Morgan fingerprint density at radius 1 is 1.12 bits per heavy atom. The Bertz CT molecular complexity index is 1070. The van der Waals surface area contributed by atoms with Crippen molar-refractivity contribution in [1.29, 1.82) is 0 Å². The molecule has 3 aliphatic rings. The van der Waals surface area contributed by atoms with E-state index in [4.69, 9.17) is 17.7 Å². The van der Waals surface area contributed by atoms with Crippen LogP contribution >= 0.6 is 11.6 Å². The molecule has 2 unspecified atom stereocenters. The van der Waals surface area contributed by atoms with Gasteiger partial charge in [-0.25, -0.2) is 4.39 Å². The van der Waals surface area contributed by atoms with Gasteiger partial charge in [-0.1, -0.05) is 11.6 Å². The zero-order valence-corrected chi connectivity index (χ0v) is 19.3. The van der Waals surface area contributed by atoms with Gasteiger partial charge in [0.25, 0.3) is 0 Å². The van der Waals surface area contributed by atoms with Gasteiger partial charge in [-0.3, -0.25) is 0 Å². The quantitative estimate of drug-likeness (QED) is 0.550. The molecule has 1 aromatic carbocycles. The Morgan fingerprint density at radius 2 is 1.82 bits per heavy atom. The molecular formula is C24H27ClF4N4O. The third kappa shape index (κ3) is 5.16. The molecule has 10 heteroatoms. The average Bonchev–Trinajstić information content (AvgIpc) is 3.29. The minimum Gasteiger partial charge on any atom is -0.381 e. The molecule has 34 heavy (non-hydrogen) atoms. The molecule has 2 saturated heterocycles. The Hall–Kier alpha value is -1.97. The number of aromatic nitrogens is 2. The highest BCUT2D eigenvalue weighted by Gasteiger charge is 2.42. The highest BCUT2D eigenvalue weighted by atomic mass is 35.5. The monoisotopic (exact) mass is 499 g/mol. The van der Waals surface area contributed by atoms with Gasteiger partial charge in [0.15, 0.2) is 0 Å². The van der Waals surface area contributed by atoms with E-state index < -0.39 is 29.3 Å². The van der Waals surface area contributed by atoms with E-state index in [9.17, 15) is 17.6 Å². The first-order chi connectivity index (χ1) is 16.6. The third-order valence-electron chi connectivity index (χ3n) is 7.11. The summed E-state index contributed by atoms with van der Waals surface area (Å²) in [4.78, 5) is 2.46. The largest absolute Gasteiger partial charge is 0.418 e. The first kappa shape index (κ1) is 22.5. The smallest absolute Gasteiger partial charge is 0.381 e. The van der Waals surface area contributed by atoms with Crippen LogP contribution in [0.1, 0.15) is 32.6 Å². The number of ether oxygens (including phenoxy) is 1. The van der Waals surface area contributed by atoms with Crippen LogP contribution in [0.5, 0.6) is 0 Å². The van der Waals surface area contributed by atoms with E-state index in [1.807, 2.05) is 0 Å². The summed E-state index contributed by atoms with van der Waals surface area (Å²) in [6.45, 7) is 4.48. The molecule has 5 rings (SSSR count). The second kappa shape index (κ2) is 9.59.